The van der Waals surface area contributed by atoms with E-state index in [-0.39, 0.29) is 17.9 Å². The maximum atomic E-state index is 12.9. The van der Waals surface area contributed by atoms with Gasteiger partial charge in [0.15, 0.2) is 5.96 Å². The lowest BCUT2D eigenvalue weighted by Gasteiger charge is -2.25. The number of hydrogen-bond donors (Lipinski definition) is 2. The minimum absolute atomic E-state index is 0.0931. The van der Waals surface area contributed by atoms with Crippen LogP contribution >= 0.6 is 0 Å². The van der Waals surface area contributed by atoms with Gasteiger partial charge in [-0.25, -0.2) is 0 Å². The molecule has 0 radical (unpaired) electrons. The van der Waals surface area contributed by atoms with Gasteiger partial charge in [-0.15, -0.1) is 0 Å². The third-order valence-corrected chi connectivity index (χ3v) is 4.84. The van der Waals surface area contributed by atoms with E-state index in [1.807, 2.05) is 40.5 Å². The summed E-state index contributed by atoms with van der Waals surface area (Å²) in [6, 6.07) is 5.02. The fourth-order valence-electron chi connectivity index (χ4n) is 3.04. The Morgan fingerprint density at radius 3 is 2.52 bits per heavy atom. The number of benzene rings is 1. The van der Waals surface area contributed by atoms with Crippen LogP contribution in [0.5, 0.6) is 5.75 Å². The van der Waals surface area contributed by atoms with Gasteiger partial charge in [-0.1, -0.05) is 13.0 Å². The average Bonchev–Trinajstić information content (AvgIpc) is 3.14. The number of likely N-dealkylation sites (N-methyl/N-ethyl adjacent to an activating group) is 1. The number of ether oxygens (including phenoxy) is 1. The quantitative estimate of drug-likeness (QED) is 0.464. The lowest BCUT2D eigenvalue weighted by Crippen LogP contribution is -2.45. The number of rotatable bonds is 9. The molecule has 172 valence electrons. The number of aryl methyl sites for hydroxylation is 1. The lowest BCUT2D eigenvalue weighted by molar-refractivity contribution is -0.137. The van der Waals surface area contributed by atoms with E-state index in [2.05, 4.69) is 25.6 Å². The third kappa shape index (κ3) is 7.46. The van der Waals surface area contributed by atoms with Gasteiger partial charge in [0.25, 0.3) is 0 Å². The van der Waals surface area contributed by atoms with Crippen molar-refractivity contribution in [3.63, 3.8) is 0 Å². The van der Waals surface area contributed by atoms with Crippen LogP contribution in [0.2, 0.25) is 0 Å². The molecular formula is C21H31F3N6O. The van der Waals surface area contributed by atoms with Gasteiger partial charge in [-0.05, 0) is 38.7 Å². The van der Waals surface area contributed by atoms with Crippen molar-refractivity contribution < 1.29 is 17.9 Å². The van der Waals surface area contributed by atoms with Crippen LogP contribution in [0, 0.1) is 0 Å². The summed E-state index contributed by atoms with van der Waals surface area (Å²) < 4.78 is 46.3. The van der Waals surface area contributed by atoms with Crippen molar-refractivity contribution in [1.82, 2.24) is 25.3 Å². The minimum Gasteiger partial charge on any atom is -0.489 e. The summed E-state index contributed by atoms with van der Waals surface area (Å²) in [5.74, 6) is 0.775. The molecule has 2 atom stereocenters. The Morgan fingerprint density at radius 1 is 1.26 bits per heavy atom. The van der Waals surface area contributed by atoms with Crippen LogP contribution in [-0.4, -0.2) is 61.0 Å². The van der Waals surface area contributed by atoms with E-state index in [0.717, 1.165) is 17.7 Å². The van der Waals surface area contributed by atoms with Gasteiger partial charge in [0, 0.05) is 32.4 Å². The van der Waals surface area contributed by atoms with Crippen LogP contribution in [0.1, 0.15) is 30.5 Å². The maximum absolute atomic E-state index is 12.9. The molecule has 1 heterocycles. The second kappa shape index (κ2) is 11.0. The van der Waals surface area contributed by atoms with Crippen LogP contribution < -0.4 is 15.4 Å². The summed E-state index contributed by atoms with van der Waals surface area (Å²) in [6.07, 6.45) is -0.291. The molecule has 0 fully saturated rings. The Kier molecular flexibility index (Phi) is 8.73. The monoisotopic (exact) mass is 440 g/mol. The molecule has 0 spiro atoms. The first-order valence-corrected chi connectivity index (χ1v) is 10.1. The molecule has 2 unspecified atom stereocenters. The van der Waals surface area contributed by atoms with Crippen molar-refractivity contribution in [2.45, 2.75) is 31.7 Å². The molecule has 2 rings (SSSR count). The highest BCUT2D eigenvalue weighted by atomic mass is 19.4. The van der Waals surface area contributed by atoms with E-state index in [1.165, 1.54) is 12.1 Å². The largest absolute Gasteiger partial charge is 0.489 e. The highest BCUT2D eigenvalue weighted by molar-refractivity contribution is 5.79. The molecule has 0 saturated heterocycles. The molecule has 0 aliphatic rings. The van der Waals surface area contributed by atoms with E-state index in [0.29, 0.717) is 25.5 Å². The Hall–Kier alpha value is -2.75. The molecule has 0 aliphatic heterocycles. The number of aliphatic imine (C=N–C) groups is 1. The van der Waals surface area contributed by atoms with Crippen LogP contribution in [0.3, 0.4) is 0 Å². The van der Waals surface area contributed by atoms with Gasteiger partial charge in [-0.3, -0.25) is 9.67 Å². The van der Waals surface area contributed by atoms with Crippen LogP contribution in [0.15, 0.2) is 41.7 Å². The van der Waals surface area contributed by atoms with E-state index in [1.54, 1.807) is 11.7 Å². The number of aromatic nitrogens is 2. The first-order valence-electron chi connectivity index (χ1n) is 10.1. The van der Waals surface area contributed by atoms with Gasteiger partial charge in [0.05, 0.1) is 24.3 Å². The van der Waals surface area contributed by atoms with Crippen LogP contribution in [0.4, 0.5) is 13.2 Å². The minimum atomic E-state index is -4.40. The summed E-state index contributed by atoms with van der Waals surface area (Å²) >= 11 is 0. The molecule has 10 heteroatoms. The fourth-order valence-corrected chi connectivity index (χ4v) is 3.04. The normalized spacial score (nSPS) is 14.4. The van der Waals surface area contributed by atoms with E-state index in [4.69, 9.17) is 4.74 Å². The van der Waals surface area contributed by atoms with Crippen LogP contribution in [-0.2, 0) is 13.2 Å². The second-order valence-corrected chi connectivity index (χ2v) is 7.43. The van der Waals surface area contributed by atoms with Gasteiger partial charge < -0.3 is 20.3 Å². The zero-order valence-corrected chi connectivity index (χ0v) is 18.6. The van der Waals surface area contributed by atoms with E-state index in [9.17, 15) is 13.2 Å². The third-order valence-electron chi connectivity index (χ3n) is 4.84. The van der Waals surface area contributed by atoms with Crippen molar-refractivity contribution in [3.05, 3.63) is 47.8 Å². The molecule has 7 nitrogen and oxygen atoms in total. The molecule has 1 aromatic heterocycles. The summed E-state index contributed by atoms with van der Waals surface area (Å²) in [5.41, 5.74) is 0.352. The summed E-state index contributed by atoms with van der Waals surface area (Å²) in [5, 5.41) is 10.7. The Bertz CT molecular complexity index is 850. The molecule has 2 N–H and O–H groups in total. The van der Waals surface area contributed by atoms with Gasteiger partial charge in [-0.2, -0.15) is 18.3 Å². The maximum Gasteiger partial charge on any atom is 0.416 e. The smallest absolute Gasteiger partial charge is 0.416 e. The number of guanidine groups is 1. The van der Waals surface area contributed by atoms with Crippen LogP contribution in [0.25, 0.3) is 0 Å². The number of nitrogens with zero attached hydrogens (tertiary/aromatic N) is 4. The Morgan fingerprint density at radius 2 is 1.97 bits per heavy atom. The molecule has 31 heavy (non-hydrogen) atoms. The summed E-state index contributed by atoms with van der Waals surface area (Å²) in [4.78, 5) is 6.31. The average molecular weight is 441 g/mol. The number of nitrogens with one attached hydrogen (secondary N) is 2. The number of hydrogen-bond acceptors (Lipinski definition) is 4. The van der Waals surface area contributed by atoms with Crippen molar-refractivity contribution in [2.75, 3.05) is 34.2 Å². The van der Waals surface area contributed by atoms with Gasteiger partial charge in [0.1, 0.15) is 11.9 Å². The Balaban J connectivity index is 1.93. The topological polar surface area (TPSA) is 66.7 Å². The molecular weight excluding hydrogens is 409 g/mol. The SMILES string of the molecule is CCC(CNC(=NC)NCC(c1cnn(C)c1)N(C)C)Oc1cccc(C(F)(F)F)c1. The van der Waals surface area contributed by atoms with Crippen molar-refractivity contribution in [1.29, 1.82) is 0 Å². The second-order valence-electron chi connectivity index (χ2n) is 7.43. The lowest BCUT2D eigenvalue weighted by atomic mass is 10.1. The highest BCUT2D eigenvalue weighted by Gasteiger charge is 2.30. The fraction of sp³-hybridized carbons (Fsp3) is 0.524. The molecule has 0 aliphatic carbocycles. The van der Waals surface area contributed by atoms with Crippen molar-refractivity contribution >= 4 is 5.96 Å². The van der Waals surface area contributed by atoms with Gasteiger partial charge >= 0.3 is 6.18 Å². The number of halogens is 3. The summed E-state index contributed by atoms with van der Waals surface area (Å²) in [7, 11) is 7.52. The molecule has 0 bridgehead atoms. The Labute approximate surface area is 181 Å². The predicted octanol–water partition coefficient (Wildman–Crippen LogP) is 3.06. The molecule has 2 aromatic rings. The number of alkyl halides is 3. The highest BCUT2D eigenvalue weighted by Crippen LogP contribution is 2.31. The van der Waals surface area contributed by atoms with E-state index < -0.39 is 11.7 Å². The zero-order chi connectivity index (χ0) is 23.0. The summed E-state index contributed by atoms with van der Waals surface area (Å²) in [6.45, 7) is 2.91. The van der Waals surface area contributed by atoms with Crippen molar-refractivity contribution in [2.24, 2.45) is 12.0 Å². The first-order chi connectivity index (χ1) is 14.6. The molecule has 0 amide bonds. The van der Waals surface area contributed by atoms with E-state index >= 15 is 0 Å². The molecule has 1 aromatic carbocycles. The van der Waals surface area contributed by atoms with Crippen molar-refractivity contribution in [3.8, 4) is 5.75 Å². The van der Waals surface area contributed by atoms with Gasteiger partial charge in [0.2, 0.25) is 0 Å². The standard InChI is InChI=1S/C21H31F3N6O/c1-6-17(31-18-9-7-8-16(10-18)21(22,23)24)12-26-20(25-2)27-13-19(29(3)4)15-11-28-30(5)14-15/h7-11,14,17,19H,6,12-13H2,1-5H3,(H2,25,26,27). The predicted molar refractivity (Wildman–Crippen MR) is 115 cm³/mol. The zero-order valence-electron chi connectivity index (χ0n) is 18.6. The molecule has 0 saturated carbocycles. The first kappa shape index (κ1) is 24.5.